The van der Waals surface area contributed by atoms with Gasteiger partial charge in [-0.25, -0.2) is 8.78 Å². The van der Waals surface area contributed by atoms with E-state index in [0.717, 1.165) is 25.9 Å². The molecule has 11 heteroatoms. The lowest BCUT2D eigenvalue weighted by Crippen LogP contribution is -2.56. The Morgan fingerprint density at radius 2 is 0.950 bits per heavy atom. The van der Waals surface area contributed by atoms with Crippen LogP contribution in [0.5, 0.6) is 11.5 Å². The van der Waals surface area contributed by atoms with Gasteiger partial charge in [-0.1, -0.05) is 48.5 Å². The number of phenolic OH excluding ortho intramolecular Hbond substituents is 2. The second-order valence-electron chi connectivity index (χ2n) is 17.5. The third-order valence-electron chi connectivity index (χ3n) is 12.7. The number of nitrogens with zero attached hydrogens (tertiary/aromatic N) is 4. The molecule has 4 aromatic rings. The average molecular weight is 823 g/mol. The molecule has 2 fully saturated rings. The maximum absolute atomic E-state index is 16.1. The van der Waals surface area contributed by atoms with E-state index >= 15 is 13.6 Å². The van der Waals surface area contributed by atoms with Crippen molar-refractivity contribution in [2.24, 2.45) is 23.7 Å². The van der Waals surface area contributed by atoms with Crippen molar-refractivity contribution >= 4 is 17.3 Å². The monoisotopic (exact) mass is 822 g/mol. The number of aromatic hydroxyl groups is 2. The molecule has 2 aliphatic rings. The van der Waals surface area contributed by atoms with Crippen LogP contribution in [-0.2, 0) is 4.79 Å². The molecule has 2 heterocycles. The molecular formula is C49H60F2N4O5. The molecule has 0 saturated carbocycles. The molecule has 2 saturated heterocycles. The predicted molar refractivity (Wildman–Crippen MR) is 231 cm³/mol. The summed E-state index contributed by atoms with van der Waals surface area (Å²) in [5.74, 6) is -6.34. The van der Waals surface area contributed by atoms with E-state index in [1.54, 1.807) is 50.2 Å². The summed E-state index contributed by atoms with van der Waals surface area (Å²) in [5.41, 5.74) is 2.47. The molecule has 2 aliphatic heterocycles. The van der Waals surface area contributed by atoms with Crippen molar-refractivity contribution in [1.29, 1.82) is 0 Å². The number of halogens is 2. The number of hydrogen-bond donors (Lipinski definition) is 2. The molecule has 320 valence electrons. The van der Waals surface area contributed by atoms with Crippen molar-refractivity contribution in [1.82, 2.24) is 19.6 Å². The lowest BCUT2D eigenvalue weighted by Gasteiger charge is -2.48. The highest BCUT2D eigenvalue weighted by atomic mass is 19.1. The number of Topliss-reactive ketones (excluding diaryl/α,β-unsaturated/α-hetero) is 3. The highest BCUT2D eigenvalue weighted by molar-refractivity contribution is 6.01. The molecule has 0 bridgehead atoms. The second-order valence-corrected chi connectivity index (χ2v) is 17.5. The Balaban J connectivity index is 1.54. The summed E-state index contributed by atoms with van der Waals surface area (Å²) in [6.45, 7) is 7.39. The van der Waals surface area contributed by atoms with Gasteiger partial charge >= 0.3 is 0 Å². The van der Waals surface area contributed by atoms with Crippen molar-refractivity contribution in [2.75, 3.05) is 80.5 Å². The maximum atomic E-state index is 16.1. The van der Waals surface area contributed by atoms with Gasteiger partial charge in [0.05, 0.1) is 0 Å². The number of likely N-dealkylation sites (tertiary alicyclic amines) is 2. The normalized spacial score (nSPS) is 22.6. The second kappa shape index (κ2) is 19.7. The third-order valence-corrected chi connectivity index (χ3v) is 12.7. The zero-order valence-corrected chi connectivity index (χ0v) is 35.8. The van der Waals surface area contributed by atoms with E-state index in [1.807, 2.05) is 40.3 Å². The fourth-order valence-electron chi connectivity index (χ4n) is 9.75. The highest BCUT2D eigenvalue weighted by Gasteiger charge is 2.51. The Labute approximate surface area is 353 Å². The Morgan fingerprint density at radius 1 is 0.583 bits per heavy atom. The van der Waals surface area contributed by atoms with Gasteiger partial charge < -0.3 is 29.8 Å². The molecule has 2 N–H and O–H groups in total. The zero-order valence-electron chi connectivity index (χ0n) is 35.8. The minimum atomic E-state index is -0.815. The largest absolute Gasteiger partial charge is 0.508 e. The molecular weight excluding hydrogens is 763 g/mol. The Morgan fingerprint density at radius 3 is 1.32 bits per heavy atom. The first-order valence-corrected chi connectivity index (χ1v) is 21.1. The summed E-state index contributed by atoms with van der Waals surface area (Å²) in [6.07, 6.45) is 1.55. The molecule has 0 aromatic heterocycles. The number of carbonyl (C=O) groups is 3. The van der Waals surface area contributed by atoms with E-state index in [-0.39, 0.29) is 28.8 Å². The standard InChI is InChI=1S/C49H60F2N4O5/c1-31-37(17-9-19-43(31)50)45-39(47(58)33-13-7-15-35(56)25-33)27-54(23-11-21-52(3)4)29-41(45)49(60)42-30-55(24-12-22-53(5)6)28-40(48(59)34-14-8-16-36(57)26-34)46(42)38-18-10-20-44(51)32(38)2/h7-10,13-20,25-26,39-42,45-46,56-57H,11-12,21-24,27-30H2,1-6H3/t39-,40?,41+,42?,45-,46?/m0/s1. The van der Waals surface area contributed by atoms with Crippen molar-refractivity contribution in [3.05, 3.63) is 130 Å². The van der Waals surface area contributed by atoms with Gasteiger partial charge in [0.15, 0.2) is 11.6 Å². The first-order chi connectivity index (χ1) is 28.6. The van der Waals surface area contributed by atoms with Gasteiger partial charge in [0.2, 0.25) is 0 Å². The van der Waals surface area contributed by atoms with Gasteiger partial charge in [0, 0.05) is 72.8 Å². The van der Waals surface area contributed by atoms with Crippen LogP contribution >= 0.6 is 0 Å². The first kappa shape index (κ1) is 44.7. The van der Waals surface area contributed by atoms with Crippen LogP contribution in [0.4, 0.5) is 8.78 Å². The topological polar surface area (TPSA) is 105 Å². The van der Waals surface area contributed by atoms with Gasteiger partial charge in [-0.2, -0.15) is 0 Å². The van der Waals surface area contributed by atoms with E-state index < -0.39 is 47.1 Å². The van der Waals surface area contributed by atoms with E-state index in [2.05, 4.69) is 19.6 Å². The molecule has 60 heavy (non-hydrogen) atoms. The van der Waals surface area contributed by atoms with Crippen molar-refractivity contribution < 1.29 is 33.4 Å². The molecule has 9 nitrogen and oxygen atoms in total. The third kappa shape index (κ3) is 10.2. The SMILES string of the molecule is Cc1c(F)cccc1C1C(C(=O)c2cccc(O)c2)CN(CCCN(C)C)CC1C(=O)[C@@H]1CN(CCCN(C)C)C[C@H](C(=O)c2cccc(O)c2)[C@@H]1c1cccc(F)c1C. The summed E-state index contributed by atoms with van der Waals surface area (Å²) in [5, 5.41) is 20.9. The van der Waals surface area contributed by atoms with Crippen LogP contribution in [0.15, 0.2) is 84.9 Å². The molecule has 6 atom stereocenters. The number of carbonyl (C=O) groups excluding carboxylic acids is 3. The molecule has 0 amide bonds. The smallest absolute Gasteiger partial charge is 0.167 e. The Bertz CT molecular complexity index is 2010. The van der Waals surface area contributed by atoms with E-state index in [4.69, 9.17) is 0 Å². The van der Waals surface area contributed by atoms with Crippen LogP contribution in [0.3, 0.4) is 0 Å². The fourth-order valence-corrected chi connectivity index (χ4v) is 9.75. The summed E-state index contributed by atoms with van der Waals surface area (Å²) in [4.78, 5) is 54.3. The van der Waals surface area contributed by atoms with Crippen LogP contribution in [0.1, 0.15) is 67.6 Å². The highest BCUT2D eigenvalue weighted by Crippen LogP contribution is 2.47. The zero-order chi connectivity index (χ0) is 43.2. The van der Waals surface area contributed by atoms with Crippen LogP contribution in [0, 0.1) is 49.2 Å². The Kier molecular flexibility index (Phi) is 14.7. The predicted octanol–water partition coefficient (Wildman–Crippen LogP) is 7.19. The summed E-state index contributed by atoms with van der Waals surface area (Å²) in [7, 11) is 7.98. The molecule has 6 rings (SSSR count). The van der Waals surface area contributed by atoms with Crippen molar-refractivity contribution in [2.45, 2.75) is 38.5 Å². The van der Waals surface area contributed by atoms with Crippen LogP contribution in [0.2, 0.25) is 0 Å². The summed E-state index contributed by atoms with van der Waals surface area (Å²) >= 11 is 0. The number of piperidine rings is 2. The van der Waals surface area contributed by atoms with Crippen molar-refractivity contribution in [3.8, 4) is 11.5 Å². The summed E-state index contributed by atoms with van der Waals surface area (Å²) in [6, 6.07) is 22.1. The molecule has 0 aliphatic carbocycles. The summed E-state index contributed by atoms with van der Waals surface area (Å²) < 4.78 is 31.3. The number of ketones is 3. The van der Waals surface area contributed by atoms with Crippen molar-refractivity contribution in [3.63, 3.8) is 0 Å². The van der Waals surface area contributed by atoms with E-state index in [1.165, 1.54) is 36.4 Å². The van der Waals surface area contributed by atoms with E-state index in [9.17, 15) is 19.8 Å². The lowest BCUT2D eigenvalue weighted by molar-refractivity contribution is -0.133. The molecule has 3 unspecified atom stereocenters. The van der Waals surface area contributed by atoms with Crippen LogP contribution < -0.4 is 0 Å². The van der Waals surface area contributed by atoms with Gasteiger partial charge in [-0.15, -0.1) is 0 Å². The first-order valence-electron chi connectivity index (χ1n) is 21.1. The number of phenols is 2. The van der Waals surface area contributed by atoms with Gasteiger partial charge in [0.25, 0.3) is 0 Å². The fraction of sp³-hybridized carbons (Fsp3) is 0.449. The van der Waals surface area contributed by atoms with Gasteiger partial charge in [-0.05, 0) is 140 Å². The molecule has 0 spiro atoms. The maximum Gasteiger partial charge on any atom is 0.167 e. The number of rotatable bonds is 16. The number of hydrogen-bond acceptors (Lipinski definition) is 9. The number of benzene rings is 4. The minimum Gasteiger partial charge on any atom is -0.508 e. The quantitative estimate of drug-likeness (QED) is 0.114. The minimum absolute atomic E-state index is 0.0575. The van der Waals surface area contributed by atoms with Crippen LogP contribution in [-0.4, -0.2) is 128 Å². The van der Waals surface area contributed by atoms with E-state index in [0.29, 0.717) is 72.6 Å². The van der Waals surface area contributed by atoms with Crippen LogP contribution in [0.25, 0.3) is 0 Å². The van der Waals surface area contributed by atoms with Gasteiger partial charge in [0.1, 0.15) is 28.9 Å². The Hall–Kier alpha value is -4.81. The molecule has 0 radical (unpaired) electrons. The average Bonchev–Trinajstić information content (AvgIpc) is 3.21. The lowest BCUT2D eigenvalue weighted by atomic mass is 9.62. The van der Waals surface area contributed by atoms with Gasteiger partial charge in [-0.3, -0.25) is 14.4 Å². The molecule has 4 aromatic carbocycles.